The summed E-state index contributed by atoms with van der Waals surface area (Å²) in [6.45, 7) is 0. The number of benzene rings is 2. The van der Waals surface area contributed by atoms with Crippen molar-refractivity contribution in [1.29, 1.82) is 0 Å². The summed E-state index contributed by atoms with van der Waals surface area (Å²) in [6.07, 6.45) is 0.244. The minimum atomic E-state index is -0.286. The van der Waals surface area contributed by atoms with Crippen LogP contribution in [0.5, 0.6) is 0 Å². The second-order valence-corrected chi connectivity index (χ2v) is 6.09. The summed E-state index contributed by atoms with van der Waals surface area (Å²) in [4.78, 5) is 12.8. The second-order valence-electron chi connectivity index (χ2n) is 4.19. The first-order valence-electron chi connectivity index (χ1n) is 5.88. The maximum atomic E-state index is 12.8. The van der Waals surface area contributed by atoms with Gasteiger partial charge in [-0.15, -0.1) is 11.8 Å². The fraction of sp³-hybridized carbons (Fsp3) is 0.133. The molecular weight excluding hydrogens is 318 g/mol. The minimum absolute atomic E-state index is 0.0449. The van der Waals surface area contributed by atoms with Crippen LogP contribution in [0.1, 0.15) is 5.56 Å². The van der Waals surface area contributed by atoms with Crippen molar-refractivity contribution in [3.05, 3.63) is 63.9 Å². The van der Waals surface area contributed by atoms with E-state index in [1.54, 1.807) is 30.3 Å². The van der Waals surface area contributed by atoms with Crippen molar-refractivity contribution < 1.29 is 9.18 Å². The molecule has 0 aliphatic carbocycles. The van der Waals surface area contributed by atoms with Crippen LogP contribution >= 0.6 is 35.0 Å². The van der Waals surface area contributed by atoms with Crippen LogP contribution in [0.15, 0.2) is 47.4 Å². The maximum Gasteiger partial charge on any atom is 0.147 e. The van der Waals surface area contributed by atoms with Crippen LogP contribution in [-0.4, -0.2) is 11.5 Å². The predicted molar refractivity (Wildman–Crippen MR) is 82.3 cm³/mol. The molecule has 0 fully saturated rings. The fourth-order valence-electron chi connectivity index (χ4n) is 1.64. The van der Waals surface area contributed by atoms with Gasteiger partial charge >= 0.3 is 0 Å². The first kappa shape index (κ1) is 15.4. The Labute approximate surface area is 131 Å². The Morgan fingerprint density at radius 3 is 2.50 bits per heavy atom. The maximum absolute atomic E-state index is 12.8. The molecule has 0 bridgehead atoms. The summed E-state index contributed by atoms with van der Waals surface area (Å²) in [7, 11) is 0. The molecule has 0 aliphatic heterocycles. The van der Waals surface area contributed by atoms with E-state index in [1.165, 1.54) is 23.9 Å². The number of ketones is 1. The van der Waals surface area contributed by atoms with E-state index in [0.717, 1.165) is 10.5 Å². The van der Waals surface area contributed by atoms with E-state index >= 15 is 0 Å². The Bertz CT molecular complexity index is 614. The molecule has 20 heavy (non-hydrogen) atoms. The Morgan fingerprint density at radius 2 is 1.80 bits per heavy atom. The van der Waals surface area contributed by atoms with Crippen molar-refractivity contribution in [1.82, 2.24) is 0 Å². The Hall–Kier alpha value is -1.03. The Morgan fingerprint density at radius 1 is 1.10 bits per heavy atom. The zero-order valence-corrected chi connectivity index (χ0v) is 12.7. The third-order valence-corrected chi connectivity index (χ3v) is 4.28. The topological polar surface area (TPSA) is 17.1 Å². The SMILES string of the molecule is O=C(CSc1ccc(F)cc1)Cc1cc(Cl)ccc1Cl. The van der Waals surface area contributed by atoms with Crippen molar-refractivity contribution in [3.8, 4) is 0 Å². The number of hydrogen-bond donors (Lipinski definition) is 0. The van der Waals surface area contributed by atoms with Crippen LogP contribution in [0.4, 0.5) is 4.39 Å². The predicted octanol–water partition coefficient (Wildman–Crippen LogP) is 5.04. The van der Waals surface area contributed by atoms with Gasteiger partial charge in [0.05, 0.1) is 5.75 Å². The van der Waals surface area contributed by atoms with Crippen molar-refractivity contribution in [2.24, 2.45) is 0 Å². The zero-order valence-electron chi connectivity index (χ0n) is 10.4. The van der Waals surface area contributed by atoms with Gasteiger partial charge in [0.15, 0.2) is 0 Å². The normalized spacial score (nSPS) is 10.6. The lowest BCUT2D eigenvalue weighted by atomic mass is 10.1. The molecule has 1 nitrogen and oxygen atoms in total. The lowest BCUT2D eigenvalue weighted by Crippen LogP contribution is -2.06. The van der Waals surface area contributed by atoms with Crippen LogP contribution in [0, 0.1) is 5.82 Å². The highest BCUT2D eigenvalue weighted by molar-refractivity contribution is 8.00. The largest absolute Gasteiger partial charge is 0.298 e. The van der Waals surface area contributed by atoms with Crippen LogP contribution in [0.25, 0.3) is 0 Å². The van der Waals surface area contributed by atoms with E-state index in [0.29, 0.717) is 15.8 Å². The number of rotatable bonds is 5. The lowest BCUT2D eigenvalue weighted by Gasteiger charge is -2.05. The molecule has 0 N–H and O–H groups in total. The Kier molecular flexibility index (Phi) is 5.46. The van der Waals surface area contributed by atoms with Gasteiger partial charge < -0.3 is 0 Å². The second kappa shape index (κ2) is 7.11. The number of carbonyl (C=O) groups excluding carboxylic acids is 1. The molecule has 0 atom stereocenters. The first-order valence-corrected chi connectivity index (χ1v) is 7.63. The van der Waals surface area contributed by atoms with Crippen LogP contribution in [0.3, 0.4) is 0 Å². The van der Waals surface area contributed by atoms with Gasteiger partial charge in [-0.25, -0.2) is 4.39 Å². The van der Waals surface area contributed by atoms with E-state index in [2.05, 4.69) is 0 Å². The van der Waals surface area contributed by atoms with Gasteiger partial charge in [0.1, 0.15) is 11.6 Å². The highest BCUT2D eigenvalue weighted by atomic mass is 35.5. The van der Waals surface area contributed by atoms with E-state index in [9.17, 15) is 9.18 Å². The number of hydrogen-bond acceptors (Lipinski definition) is 2. The number of halogens is 3. The average molecular weight is 329 g/mol. The number of carbonyl (C=O) groups is 1. The summed E-state index contributed by atoms with van der Waals surface area (Å²) < 4.78 is 12.8. The van der Waals surface area contributed by atoms with Gasteiger partial charge in [-0.3, -0.25) is 4.79 Å². The molecule has 0 aromatic heterocycles. The minimum Gasteiger partial charge on any atom is -0.298 e. The van der Waals surface area contributed by atoms with Crippen LogP contribution in [-0.2, 0) is 11.2 Å². The molecule has 0 aliphatic rings. The van der Waals surface area contributed by atoms with Gasteiger partial charge in [0.25, 0.3) is 0 Å². The van der Waals surface area contributed by atoms with Gasteiger partial charge in [-0.1, -0.05) is 23.2 Å². The van der Waals surface area contributed by atoms with Crippen molar-refractivity contribution in [2.75, 3.05) is 5.75 Å². The van der Waals surface area contributed by atoms with E-state index in [1.807, 2.05) is 0 Å². The summed E-state index contributed by atoms with van der Waals surface area (Å²) in [5.41, 5.74) is 0.726. The molecule has 2 rings (SSSR count). The fourth-order valence-corrected chi connectivity index (χ4v) is 2.77. The molecule has 2 aromatic carbocycles. The van der Waals surface area contributed by atoms with Crippen molar-refractivity contribution in [2.45, 2.75) is 11.3 Å². The molecule has 2 aromatic rings. The molecule has 0 spiro atoms. The molecule has 5 heteroatoms. The molecule has 0 saturated carbocycles. The molecule has 0 saturated heterocycles. The summed E-state index contributed by atoms with van der Waals surface area (Å²) in [5, 5.41) is 1.10. The van der Waals surface area contributed by atoms with Crippen LogP contribution in [0.2, 0.25) is 10.0 Å². The standard InChI is InChI=1S/C15H11Cl2FOS/c16-11-1-6-15(17)10(7-11)8-13(19)9-20-14-4-2-12(18)3-5-14/h1-7H,8-9H2. The smallest absolute Gasteiger partial charge is 0.147 e. The third kappa shape index (κ3) is 4.51. The van der Waals surface area contributed by atoms with Gasteiger partial charge in [-0.05, 0) is 48.0 Å². The monoisotopic (exact) mass is 328 g/mol. The average Bonchev–Trinajstić information content (AvgIpc) is 2.42. The van der Waals surface area contributed by atoms with E-state index in [-0.39, 0.29) is 18.0 Å². The highest BCUT2D eigenvalue weighted by Gasteiger charge is 2.09. The zero-order chi connectivity index (χ0) is 14.5. The summed E-state index contributed by atoms with van der Waals surface area (Å²) in [5.74, 6) is 0.0731. The molecule has 104 valence electrons. The van der Waals surface area contributed by atoms with Gasteiger partial charge in [-0.2, -0.15) is 0 Å². The molecule has 0 heterocycles. The molecule has 0 unspecified atom stereocenters. The molecule has 0 amide bonds. The van der Waals surface area contributed by atoms with Crippen molar-refractivity contribution >= 4 is 40.7 Å². The van der Waals surface area contributed by atoms with Crippen molar-refractivity contribution in [3.63, 3.8) is 0 Å². The van der Waals surface area contributed by atoms with Crippen LogP contribution < -0.4 is 0 Å². The third-order valence-electron chi connectivity index (χ3n) is 2.61. The lowest BCUT2D eigenvalue weighted by molar-refractivity contribution is -0.116. The molecule has 0 radical (unpaired) electrons. The quantitative estimate of drug-likeness (QED) is 0.715. The van der Waals surface area contributed by atoms with Gasteiger partial charge in [0, 0.05) is 21.4 Å². The van der Waals surface area contributed by atoms with E-state index < -0.39 is 0 Å². The van der Waals surface area contributed by atoms with Gasteiger partial charge in [0.2, 0.25) is 0 Å². The first-order chi connectivity index (χ1) is 9.54. The highest BCUT2D eigenvalue weighted by Crippen LogP contribution is 2.23. The van der Waals surface area contributed by atoms with E-state index in [4.69, 9.17) is 23.2 Å². The number of thioether (sulfide) groups is 1. The molecular formula is C15H11Cl2FOS. The summed E-state index contributed by atoms with van der Waals surface area (Å²) in [6, 6.07) is 11.1. The Balaban J connectivity index is 1.92. The number of Topliss-reactive ketones (excluding diaryl/α,β-unsaturated/α-hetero) is 1. The summed E-state index contributed by atoms with van der Waals surface area (Å²) >= 11 is 13.3.